The van der Waals surface area contributed by atoms with Crippen LogP contribution in [0.1, 0.15) is 18.4 Å². The third kappa shape index (κ3) is 2.85. The van der Waals surface area contributed by atoms with Crippen LogP contribution in [0.15, 0.2) is 41.3 Å². The van der Waals surface area contributed by atoms with E-state index >= 15 is 0 Å². The molecule has 2 aromatic rings. The summed E-state index contributed by atoms with van der Waals surface area (Å²) in [6.45, 7) is 0.0991. The van der Waals surface area contributed by atoms with Gasteiger partial charge in [-0.05, 0) is 42.7 Å². The minimum absolute atomic E-state index is 0.0991. The van der Waals surface area contributed by atoms with Gasteiger partial charge in [0.05, 0.1) is 24.7 Å². The Kier molecular flexibility index (Phi) is 3.96. The highest BCUT2D eigenvalue weighted by atomic mass is 32.2. The standard InChI is InChI=1S/C18H19NO6S/c1-22-14-5-3-12(9-16(14)23-2)18(7-8-18)19-26(20,21)13-4-6-15-17(10-13)25-11-24-15/h3-6,9-10,19H,7-8,11H2,1-2H3. The molecule has 1 N–H and O–H groups in total. The number of benzene rings is 2. The van der Waals surface area contributed by atoms with Crippen LogP contribution in [0.3, 0.4) is 0 Å². The zero-order valence-corrected chi connectivity index (χ0v) is 15.3. The number of methoxy groups -OCH3 is 2. The molecule has 2 aromatic carbocycles. The number of sulfonamides is 1. The molecule has 0 spiro atoms. The van der Waals surface area contributed by atoms with Crippen molar-refractivity contribution < 1.29 is 27.4 Å². The maximum Gasteiger partial charge on any atom is 0.241 e. The summed E-state index contributed by atoms with van der Waals surface area (Å²) in [7, 11) is -0.602. The second-order valence-corrected chi connectivity index (χ2v) is 7.95. The Morgan fingerprint density at radius 2 is 1.69 bits per heavy atom. The minimum atomic E-state index is -3.72. The van der Waals surface area contributed by atoms with Crippen LogP contribution in [0.2, 0.25) is 0 Å². The predicted octanol–water partition coefficient (Wildman–Crippen LogP) is 2.40. The number of ether oxygens (including phenoxy) is 4. The number of hydrogen-bond donors (Lipinski definition) is 1. The normalized spacial score (nSPS) is 17.0. The predicted molar refractivity (Wildman–Crippen MR) is 93.3 cm³/mol. The molecule has 8 heteroatoms. The molecule has 0 unspecified atom stereocenters. The van der Waals surface area contributed by atoms with E-state index in [1.54, 1.807) is 26.4 Å². The fourth-order valence-corrected chi connectivity index (χ4v) is 4.53. The first-order valence-corrected chi connectivity index (χ1v) is 9.62. The van der Waals surface area contributed by atoms with Crippen molar-refractivity contribution in [2.75, 3.05) is 21.0 Å². The minimum Gasteiger partial charge on any atom is -0.493 e. The van der Waals surface area contributed by atoms with Gasteiger partial charge in [0.2, 0.25) is 16.8 Å². The van der Waals surface area contributed by atoms with E-state index in [1.807, 2.05) is 12.1 Å². The summed E-state index contributed by atoms with van der Waals surface area (Å²) >= 11 is 0. The van der Waals surface area contributed by atoms with Gasteiger partial charge in [0.25, 0.3) is 0 Å². The zero-order valence-electron chi connectivity index (χ0n) is 14.4. The molecule has 2 aliphatic rings. The Hall–Kier alpha value is -2.45. The van der Waals surface area contributed by atoms with E-state index in [-0.39, 0.29) is 11.7 Å². The molecule has 0 radical (unpaired) electrons. The summed E-state index contributed by atoms with van der Waals surface area (Å²) in [6.07, 6.45) is 1.43. The first-order chi connectivity index (χ1) is 12.5. The van der Waals surface area contributed by atoms with Gasteiger partial charge in [0.15, 0.2) is 23.0 Å². The third-order valence-corrected chi connectivity index (χ3v) is 6.20. The van der Waals surface area contributed by atoms with Gasteiger partial charge in [-0.25, -0.2) is 13.1 Å². The van der Waals surface area contributed by atoms with Gasteiger partial charge in [-0.3, -0.25) is 0 Å². The van der Waals surface area contributed by atoms with E-state index in [2.05, 4.69) is 4.72 Å². The van der Waals surface area contributed by atoms with Crippen LogP contribution >= 0.6 is 0 Å². The molecule has 0 aromatic heterocycles. The fourth-order valence-electron chi connectivity index (χ4n) is 3.07. The molecule has 4 rings (SSSR count). The lowest BCUT2D eigenvalue weighted by Gasteiger charge is -2.20. The van der Waals surface area contributed by atoms with Gasteiger partial charge in [-0.1, -0.05) is 6.07 Å². The van der Waals surface area contributed by atoms with E-state index in [0.29, 0.717) is 35.8 Å². The summed E-state index contributed by atoms with van der Waals surface area (Å²) < 4.78 is 49.7. The summed E-state index contributed by atoms with van der Waals surface area (Å²) in [6, 6.07) is 10.1. The highest BCUT2D eigenvalue weighted by Gasteiger charge is 2.48. The Bertz CT molecular complexity index is 952. The van der Waals surface area contributed by atoms with Crippen LogP contribution in [0.25, 0.3) is 0 Å². The summed E-state index contributed by atoms with van der Waals surface area (Å²) in [5.74, 6) is 2.15. The average molecular weight is 377 g/mol. The van der Waals surface area contributed by atoms with Crippen molar-refractivity contribution in [1.82, 2.24) is 4.72 Å². The molecule has 1 heterocycles. The second-order valence-electron chi connectivity index (χ2n) is 6.27. The van der Waals surface area contributed by atoms with E-state index in [0.717, 1.165) is 5.56 Å². The first-order valence-electron chi connectivity index (χ1n) is 8.14. The number of fused-ring (bicyclic) bond motifs is 1. The van der Waals surface area contributed by atoms with E-state index in [1.165, 1.54) is 12.1 Å². The molecule has 0 bridgehead atoms. The smallest absolute Gasteiger partial charge is 0.241 e. The number of rotatable bonds is 6. The van der Waals surface area contributed by atoms with E-state index in [9.17, 15) is 8.42 Å². The van der Waals surface area contributed by atoms with Crippen molar-refractivity contribution in [2.24, 2.45) is 0 Å². The summed E-state index contributed by atoms with van der Waals surface area (Å²) in [5, 5.41) is 0. The van der Waals surface area contributed by atoms with Gasteiger partial charge in [-0.2, -0.15) is 0 Å². The topological polar surface area (TPSA) is 83.1 Å². The largest absolute Gasteiger partial charge is 0.493 e. The number of nitrogens with one attached hydrogen (secondary N) is 1. The summed E-state index contributed by atoms with van der Waals surface area (Å²) in [4.78, 5) is 0.147. The lowest BCUT2D eigenvalue weighted by molar-refractivity contribution is 0.174. The Labute approximate surface area is 151 Å². The average Bonchev–Trinajstić information content (AvgIpc) is 3.26. The first kappa shape index (κ1) is 17.0. The van der Waals surface area contributed by atoms with Gasteiger partial charge >= 0.3 is 0 Å². The van der Waals surface area contributed by atoms with Crippen LogP contribution in [0.5, 0.6) is 23.0 Å². The lowest BCUT2D eigenvalue weighted by Crippen LogP contribution is -2.34. The van der Waals surface area contributed by atoms with Gasteiger partial charge < -0.3 is 18.9 Å². The van der Waals surface area contributed by atoms with Gasteiger partial charge in [0, 0.05) is 6.07 Å². The fraction of sp³-hybridized carbons (Fsp3) is 0.333. The van der Waals surface area contributed by atoms with Crippen molar-refractivity contribution in [2.45, 2.75) is 23.3 Å². The molecule has 138 valence electrons. The molecule has 0 atom stereocenters. The Morgan fingerprint density at radius 3 is 2.38 bits per heavy atom. The monoisotopic (exact) mass is 377 g/mol. The van der Waals surface area contributed by atoms with E-state index in [4.69, 9.17) is 18.9 Å². The Balaban J connectivity index is 1.63. The van der Waals surface area contributed by atoms with Crippen LogP contribution in [0, 0.1) is 0 Å². The molecule has 1 aliphatic heterocycles. The van der Waals surface area contributed by atoms with Crippen molar-refractivity contribution in [3.05, 3.63) is 42.0 Å². The maximum absolute atomic E-state index is 12.9. The maximum atomic E-state index is 12.9. The van der Waals surface area contributed by atoms with Crippen LogP contribution < -0.4 is 23.7 Å². The van der Waals surface area contributed by atoms with Crippen LogP contribution in [-0.2, 0) is 15.6 Å². The molecule has 7 nitrogen and oxygen atoms in total. The van der Waals surface area contributed by atoms with Crippen LogP contribution in [-0.4, -0.2) is 29.4 Å². The molecule has 0 amide bonds. The SMILES string of the molecule is COc1ccc(C2(NS(=O)(=O)c3ccc4c(c3)OCO4)CC2)cc1OC. The highest BCUT2D eigenvalue weighted by molar-refractivity contribution is 7.89. The molecule has 1 saturated carbocycles. The number of hydrogen-bond acceptors (Lipinski definition) is 6. The van der Waals surface area contributed by atoms with E-state index < -0.39 is 15.6 Å². The quantitative estimate of drug-likeness (QED) is 0.832. The third-order valence-electron chi connectivity index (χ3n) is 4.67. The molecule has 1 aliphatic carbocycles. The van der Waals surface area contributed by atoms with Crippen molar-refractivity contribution in [3.63, 3.8) is 0 Å². The molecular weight excluding hydrogens is 358 g/mol. The van der Waals surface area contributed by atoms with Crippen molar-refractivity contribution in [1.29, 1.82) is 0 Å². The molecule has 1 fully saturated rings. The molecular formula is C18H19NO6S. The van der Waals surface area contributed by atoms with Crippen molar-refractivity contribution in [3.8, 4) is 23.0 Å². The molecule has 26 heavy (non-hydrogen) atoms. The second kappa shape index (κ2) is 6.07. The molecule has 0 saturated heterocycles. The highest BCUT2D eigenvalue weighted by Crippen LogP contribution is 2.48. The zero-order chi connectivity index (χ0) is 18.4. The van der Waals surface area contributed by atoms with Gasteiger partial charge in [-0.15, -0.1) is 0 Å². The van der Waals surface area contributed by atoms with Gasteiger partial charge in [0.1, 0.15) is 0 Å². The van der Waals surface area contributed by atoms with Crippen LogP contribution in [0.4, 0.5) is 0 Å². The summed E-state index contributed by atoms with van der Waals surface area (Å²) in [5.41, 5.74) is 0.217. The Morgan fingerprint density at radius 1 is 0.962 bits per heavy atom. The lowest BCUT2D eigenvalue weighted by atomic mass is 10.1. The van der Waals surface area contributed by atoms with Crippen molar-refractivity contribution >= 4 is 10.0 Å².